The Morgan fingerprint density at radius 3 is 2.54 bits per heavy atom. The molecule has 1 atom stereocenters. The molecule has 4 heteroatoms. The highest BCUT2D eigenvalue weighted by atomic mass is 16.4. The van der Waals surface area contributed by atoms with Crippen molar-refractivity contribution in [3.05, 3.63) is 0 Å². The van der Waals surface area contributed by atoms with Gasteiger partial charge in [0.05, 0.1) is 11.5 Å². The van der Waals surface area contributed by atoms with Gasteiger partial charge in [0.2, 0.25) is 0 Å². The monoisotopic (exact) mass is 187 g/mol. The molecule has 1 saturated heterocycles. The number of β-amino-alcohol motifs (C(OH)–C–C–N with tert-alkyl or cyclic N) is 1. The van der Waals surface area contributed by atoms with Gasteiger partial charge in [0.1, 0.15) is 0 Å². The summed E-state index contributed by atoms with van der Waals surface area (Å²) in [7, 11) is 0. The maximum absolute atomic E-state index is 10.5. The third-order valence-corrected chi connectivity index (χ3v) is 2.65. The number of nitrogens with zero attached hydrogens (tertiary/aromatic N) is 1. The number of aliphatic carboxylic acids is 1. The first-order chi connectivity index (χ1) is 5.97. The van der Waals surface area contributed by atoms with Crippen molar-refractivity contribution >= 4 is 5.97 Å². The van der Waals surface area contributed by atoms with E-state index < -0.39 is 11.6 Å². The van der Waals surface area contributed by atoms with E-state index in [-0.39, 0.29) is 5.92 Å². The molecule has 0 aliphatic carbocycles. The fourth-order valence-corrected chi connectivity index (χ4v) is 1.60. The molecule has 13 heavy (non-hydrogen) atoms. The first-order valence-electron chi connectivity index (χ1n) is 4.64. The minimum absolute atomic E-state index is 0.346. The van der Waals surface area contributed by atoms with Crippen molar-refractivity contribution < 1.29 is 15.0 Å². The van der Waals surface area contributed by atoms with Crippen molar-refractivity contribution in [2.75, 3.05) is 19.6 Å². The number of carboxylic acids is 1. The van der Waals surface area contributed by atoms with Gasteiger partial charge in [-0.25, -0.2) is 0 Å². The Hall–Kier alpha value is -0.610. The molecule has 1 unspecified atom stereocenters. The average Bonchev–Trinajstić information content (AvgIpc) is 2.01. The Kier molecular flexibility index (Phi) is 2.93. The van der Waals surface area contributed by atoms with Crippen molar-refractivity contribution in [3.8, 4) is 0 Å². The first kappa shape index (κ1) is 10.5. The lowest BCUT2D eigenvalue weighted by atomic mass is 9.90. The molecule has 0 aromatic heterocycles. The highest BCUT2D eigenvalue weighted by Gasteiger charge is 2.39. The minimum atomic E-state index is -0.771. The van der Waals surface area contributed by atoms with Crippen molar-refractivity contribution in [2.24, 2.45) is 5.92 Å². The van der Waals surface area contributed by atoms with Crippen LogP contribution in [0.2, 0.25) is 0 Å². The summed E-state index contributed by atoms with van der Waals surface area (Å²) in [6.45, 7) is 5.39. The van der Waals surface area contributed by atoms with Crippen LogP contribution in [0, 0.1) is 5.92 Å². The van der Waals surface area contributed by atoms with Gasteiger partial charge in [-0.2, -0.15) is 0 Å². The van der Waals surface area contributed by atoms with E-state index in [1.807, 2.05) is 11.8 Å². The van der Waals surface area contributed by atoms with Gasteiger partial charge < -0.3 is 10.2 Å². The standard InChI is InChI=1S/C9H17NO3/c1-3-9(13)5-10(6-9)4-7(2)8(11)12/h7,13H,3-6H2,1-2H3,(H,11,12). The van der Waals surface area contributed by atoms with Crippen LogP contribution in [-0.4, -0.2) is 46.3 Å². The fourth-order valence-electron chi connectivity index (χ4n) is 1.60. The van der Waals surface area contributed by atoms with Gasteiger partial charge in [-0.15, -0.1) is 0 Å². The number of carbonyl (C=O) groups is 1. The molecule has 0 saturated carbocycles. The minimum Gasteiger partial charge on any atom is -0.481 e. The van der Waals surface area contributed by atoms with Gasteiger partial charge >= 0.3 is 5.97 Å². The number of hydrogen-bond donors (Lipinski definition) is 2. The van der Waals surface area contributed by atoms with Crippen LogP contribution < -0.4 is 0 Å². The van der Waals surface area contributed by atoms with Crippen molar-refractivity contribution in [3.63, 3.8) is 0 Å². The van der Waals surface area contributed by atoms with Crippen LogP contribution in [0.15, 0.2) is 0 Å². The second-order valence-electron chi connectivity index (χ2n) is 3.99. The average molecular weight is 187 g/mol. The molecular weight excluding hydrogens is 170 g/mol. The summed E-state index contributed by atoms with van der Waals surface area (Å²) in [5.74, 6) is -1.12. The van der Waals surface area contributed by atoms with Gasteiger partial charge in [0.25, 0.3) is 0 Å². The van der Waals surface area contributed by atoms with Crippen molar-refractivity contribution in [1.82, 2.24) is 4.90 Å². The van der Waals surface area contributed by atoms with Gasteiger partial charge in [-0.3, -0.25) is 9.69 Å². The smallest absolute Gasteiger partial charge is 0.307 e. The van der Waals surface area contributed by atoms with Gasteiger partial charge in [0.15, 0.2) is 0 Å². The van der Waals surface area contributed by atoms with Crippen LogP contribution in [0.3, 0.4) is 0 Å². The normalized spacial score (nSPS) is 23.6. The Balaban J connectivity index is 2.25. The summed E-state index contributed by atoms with van der Waals surface area (Å²) in [4.78, 5) is 12.5. The summed E-state index contributed by atoms with van der Waals surface area (Å²) in [5, 5.41) is 18.3. The van der Waals surface area contributed by atoms with Crippen LogP contribution in [0.5, 0.6) is 0 Å². The molecule has 0 aromatic rings. The summed E-state index contributed by atoms with van der Waals surface area (Å²) in [6, 6.07) is 0. The van der Waals surface area contributed by atoms with Crippen LogP contribution in [0.4, 0.5) is 0 Å². The third kappa shape index (κ3) is 2.42. The van der Waals surface area contributed by atoms with E-state index in [1.165, 1.54) is 0 Å². The van der Waals surface area contributed by atoms with Gasteiger partial charge in [-0.1, -0.05) is 13.8 Å². The molecule has 0 aromatic carbocycles. The van der Waals surface area contributed by atoms with Crippen molar-refractivity contribution in [2.45, 2.75) is 25.9 Å². The molecule has 0 bridgehead atoms. The molecular formula is C9H17NO3. The van der Waals surface area contributed by atoms with Gasteiger partial charge in [0, 0.05) is 19.6 Å². The van der Waals surface area contributed by atoms with E-state index >= 15 is 0 Å². The number of hydrogen-bond acceptors (Lipinski definition) is 3. The van der Waals surface area contributed by atoms with Crippen LogP contribution in [0.1, 0.15) is 20.3 Å². The largest absolute Gasteiger partial charge is 0.481 e. The maximum atomic E-state index is 10.5. The molecule has 2 N–H and O–H groups in total. The molecule has 1 fully saturated rings. The van der Waals surface area contributed by atoms with E-state index in [2.05, 4.69) is 0 Å². The van der Waals surface area contributed by atoms with E-state index in [1.54, 1.807) is 6.92 Å². The highest BCUT2D eigenvalue weighted by molar-refractivity contribution is 5.69. The Labute approximate surface area is 78.2 Å². The highest BCUT2D eigenvalue weighted by Crippen LogP contribution is 2.24. The fraction of sp³-hybridized carbons (Fsp3) is 0.889. The zero-order valence-corrected chi connectivity index (χ0v) is 8.16. The number of aliphatic hydroxyl groups is 1. The van der Waals surface area contributed by atoms with E-state index in [9.17, 15) is 9.90 Å². The summed E-state index contributed by atoms with van der Waals surface area (Å²) in [5.41, 5.74) is -0.557. The van der Waals surface area contributed by atoms with Gasteiger partial charge in [-0.05, 0) is 6.42 Å². The molecule has 1 aliphatic rings. The lowest BCUT2D eigenvalue weighted by Gasteiger charge is -2.46. The zero-order chi connectivity index (χ0) is 10.1. The van der Waals surface area contributed by atoms with Crippen LogP contribution >= 0.6 is 0 Å². The summed E-state index contributed by atoms with van der Waals surface area (Å²) >= 11 is 0. The van der Waals surface area contributed by atoms with Crippen LogP contribution in [0.25, 0.3) is 0 Å². The number of likely N-dealkylation sites (tertiary alicyclic amines) is 1. The molecule has 76 valence electrons. The lowest BCUT2D eigenvalue weighted by Crippen LogP contribution is -2.62. The van der Waals surface area contributed by atoms with Crippen LogP contribution in [-0.2, 0) is 4.79 Å². The Morgan fingerprint density at radius 1 is 1.62 bits per heavy atom. The molecule has 0 radical (unpaired) electrons. The predicted molar refractivity (Wildman–Crippen MR) is 48.5 cm³/mol. The quantitative estimate of drug-likeness (QED) is 0.658. The van der Waals surface area contributed by atoms with Crippen molar-refractivity contribution in [1.29, 1.82) is 0 Å². The lowest BCUT2D eigenvalue weighted by molar-refractivity contribution is -0.146. The molecule has 0 spiro atoms. The second-order valence-corrected chi connectivity index (χ2v) is 3.99. The summed E-state index contributed by atoms with van der Waals surface area (Å²) < 4.78 is 0. The van der Waals surface area contributed by atoms with E-state index in [0.29, 0.717) is 19.6 Å². The third-order valence-electron chi connectivity index (χ3n) is 2.65. The van der Waals surface area contributed by atoms with E-state index in [0.717, 1.165) is 6.42 Å². The van der Waals surface area contributed by atoms with E-state index in [4.69, 9.17) is 5.11 Å². The Bertz CT molecular complexity index is 199. The molecule has 1 aliphatic heterocycles. The zero-order valence-electron chi connectivity index (χ0n) is 8.16. The molecule has 4 nitrogen and oxygen atoms in total. The Morgan fingerprint density at radius 2 is 2.15 bits per heavy atom. The molecule has 0 amide bonds. The summed E-state index contributed by atoms with van der Waals surface area (Å²) in [6.07, 6.45) is 0.741. The molecule has 1 heterocycles. The SMILES string of the molecule is CCC1(O)CN(CC(C)C(=O)O)C1. The number of carboxylic acid groups (broad SMARTS) is 1. The number of rotatable bonds is 4. The topological polar surface area (TPSA) is 60.8 Å². The second kappa shape index (κ2) is 3.64. The molecule has 1 rings (SSSR count). The first-order valence-corrected chi connectivity index (χ1v) is 4.64. The predicted octanol–water partition coefficient (Wildman–Crippen LogP) is 0.164. The maximum Gasteiger partial charge on any atom is 0.307 e.